The van der Waals surface area contributed by atoms with Crippen LogP contribution >= 0.6 is 23.2 Å². The number of furan rings is 1. The number of halogens is 2. The number of sulfonamides is 1. The van der Waals surface area contributed by atoms with E-state index < -0.39 is 10.0 Å². The van der Waals surface area contributed by atoms with Gasteiger partial charge in [-0.15, -0.1) is 0 Å². The van der Waals surface area contributed by atoms with Gasteiger partial charge >= 0.3 is 0 Å². The summed E-state index contributed by atoms with van der Waals surface area (Å²) in [5, 5.41) is 9.50. The van der Waals surface area contributed by atoms with Crippen LogP contribution in [0.4, 0.5) is 0 Å². The van der Waals surface area contributed by atoms with Gasteiger partial charge in [0, 0.05) is 10.6 Å². The largest absolute Gasteiger partial charge is 0.460 e. The number of nitrogens with two attached hydrogens (primary N) is 1. The molecule has 3 N–H and O–H groups in total. The molecular formula is C19H18Cl2N2O3S. The Bertz CT molecular complexity index is 1030. The maximum atomic E-state index is 11.2. The van der Waals surface area contributed by atoms with E-state index in [0.717, 1.165) is 23.3 Å². The minimum Gasteiger partial charge on any atom is -0.460 e. The van der Waals surface area contributed by atoms with Crippen molar-refractivity contribution in [3.05, 3.63) is 76.0 Å². The van der Waals surface area contributed by atoms with E-state index in [1.165, 1.54) is 12.1 Å². The molecule has 3 aromatic rings. The normalized spacial score (nSPS) is 11.7. The fraction of sp³-hybridized carbons (Fsp3) is 0.158. The molecule has 0 bridgehead atoms. The smallest absolute Gasteiger partial charge is 0.238 e. The van der Waals surface area contributed by atoms with Crippen LogP contribution in [-0.2, 0) is 23.0 Å². The molecule has 1 heterocycles. The third kappa shape index (κ3) is 5.34. The fourth-order valence-corrected chi connectivity index (χ4v) is 3.61. The van der Waals surface area contributed by atoms with Crippen molar-refractivity contribution < 1.29 is 12.8 Å². The standard InChI is InChI=1S/C19H18Cl2N2O3S/c20-14-3-7-17(18(21)11-14)19-8-4-15(26-19)12-23-10-9-13-1-5-16(6-2-13)27(22,24)25/h1-8,11,23H,9-10,12H2,(H2,22,24,25). The van der Waals surface area contributed by atoms with Crippen LogP contribution in [0.1, 0.15) is 11.3 Å². The van der Waals surface area contributed by atoms with Crippen LogP contribution in [0.25, 0.3) is 11.3 Å². The lowest BCUT2D eigenvalue weighted by Crippen LogP contribution is -2.16. The monoisotopic (exact) mass is 424 g/mol. The Hall–Kier alpha value is -1.83. The molecule has 0 aliphatic heterocycles. The van der Waals surface area contributed by atoms with E-state index in [9.17, 15) is 8.42 Å². The van der Waals surface area contributed by atoms with Gasteiger partial charge in [-0.05, 0) is 61.0 Å². The zero-order chi connectivity index (χ0) is 19.4. The summed E-state index contributed by atoms with van der Waals surface area (Å²) >= 11 is 12.1. The molecule has 142 valence electrons. The topological polar surface area (TPSA) is 85.3 Å². The van der Waals surface area contributed by atoms with Crippen molar-refractivity contribution in [3.8, 4) is 11.3 Å². The van der Waals surface area contributed by atoms with E-state index >= 15 is 0 Å². The Morgan fingerprint density at radius 3 is 2.41 bits per heavy atom. The molecule has 5 nitrogen and oxygen atoms in total. The van der Waals surface area contributed by atoms with Crippen LogP contribution in [0.2, 0.25) is 10.0 Å². The van der Waals surface area contributed by atoms with Gasteiger partial charge in [-0.25, -0.2) is 13.6 Å². The van der Waals surface area contributed by atoms with Crippen LogP contribution in [0.5, 0.6) is 0 Å². The van der Waals surface area contributed by atoms with Crippen LogP contribution in [0.15, 0.2) is 63.9 Å². The number of rotatable bonds is 7. The average Bonchev–Trinajstić information content (AvgIpc) is 3.07. The van der Waals surface area contributed by atoms with Gasteiger partial charge in [0.1, 0.15) is 11.5 Å². The van der Waals surface area contributed by atoms with Crippen molar-refractivity contribution in [2.75, 3.05) is 6.54 Å². The van der Waals surface area contributed by atoms with Gasteiger partial charge in [-0.2, -0.15) is 0 Å². The first-order valence-corrected chi connectivity index (χ1v) is 10.5. The quantitative estimate of drug-likeness (QED) is 0.555. The molecule has 27 heavy (non-hydrogen) atoms. The first-order chi connectivity index (χ1) is 12.8. The Morgan fingerprint density at radius 2 is 1.74 bits per heavy atom. The van der Waals surface area contributed by atoms with Crippen molar-refractivity contribution in [2.24, 2.45) is 5.14 Å². The molecule has 0 aliphatic carbocycles. The van der Waals surface area contributed by atoms with E-state index in [2.05, 4.69) is 5.32 Å². The average molecular weight is 425 g/mol. The molecular weight excluding hydrogens is 407 g/mol. The molecule has 0 saturated carbocycles. The lowest BCUT2D eigenvalue weighted by Gasteiger charge is -2.05. The minimum atomic E-state index is -3.65. The Labute approximate surface area is 168 Å². The van der Waals surface area contributed by atoms with E-state index in [-0.39, 0.29) is 4.90 Å². The second-order valence-electron chi connectivity index (χ2n) is 6.01. The number of benzene rings is 2. The Morgan fingerprint density at radius 1 is 1.00 bits per heavy atom. The van der Waals surface area contributed by atoms with Gasteiger partial charge in [0.05, 0.1) is 16.5 Å². The number of primary sulfonamides is 1. The van der Waals surface area contributed by atoms with Gasteiger partial charge < -0.3 is 9.73 Å². The van der Waals surface area contributed by atoms with Crippen molar-refractivity contribution >= 4 is 33.2 Å². The molecule has 0 unspecified atom stereocenters. The first-order valence-electron chi connectivity index (χ1n) is 8.19. The SMILES string of the molecule is NS(=O)(=O)c1ccc(CCNCc2ccc(-c3ccc(Cl)cc3Cl)o2)cc1. The van der Waals surface area contributed by atoms with Crippen LogP contribution in [-0.4, -0.2) is 15.0 Å². The predicted molar refractivity (Wildman–Crippen MR) is 107 cm³/mol. The molecule has 2 aromatic carbocycles. The summed E-state index contributed by atoms with van der Waals surface area (Å²) in [6, 6.07) is 15.6. The summed E-state index contributed by atoms with van der Waals surface area (Å²) in [5.74, 6) is 1.48. The Kier molecular flexibility index (Phi) is 6.24. The molecule has 0 atom stereocenters. The second-order valence-corrected chi connectivity index (χ2v) is 8.41. The zero-order valence-electron chi connectivity index (χ0n) is 14.3. The summed E-state index contributed by atoms with van der Waals surface area (Å²) in [4.78, 5) is 0.114. The highest BCUT2D eigenvalue weighted by molar-refractivity contribution is 7.89. The number of nitrogens with one attached hydrogen (secondary N) is 1. The number of hydrogen-bond acceptors (Lipinski definition) is 4. The molecule has 8 heteroatoms. The highest BCUT2D eigenvalue weighted by Crippen LogP contribution is 2.31. The van der Waals surface area contributed by atoms with Crippen molar-refractivity contribution in [1.82, 2.24) is 5.32 Å². The minimum absolute atomic E-state index is 0.114. The molecule has 0 aliphatic rings. The van der Waals surface area contributed by atoms with Crippen molar-refractivity contribution in [3.63, 3.8) is 0 Å². The lowest BCUT2D eigenvalue weighted by molar-refractivity contribution is 0.495. The first kappa shape index (κ1) is 19.9. The zero-order valence-corrected chi connectivity index (χ0v) is 16.6. The molecule has 0 spiro atoms. The second kappa shape index (κ2) is 8.46. The van der Waals surface area contributed by atoms with E-state index in [1.54, 1.807) is 24.3 Å². The van der Waals surface area contributed by atoms with E-state index in [4.69, 9.17) is 32.8 Å². The van der Waals surface area contributed by atoms with Crippen LogP contribution in [0.3, 0.4) is 0 Å². The summed E-state index contributed by atoms with van der Waals surface area (Å²) in [6.07, 6.45) is 0.751. The van der Waals surface area contributed by atoms with Crippen molar-refractivity contribution in [1.29, 1.82) is 0 Å². The highest BCUT2D eigenvalue weighted by Gasteiger charge is 2.09. The van der Waals surface area contributed by atoms with Gasteiger partial charge in [-0.1, -0.05) is 35.3 Å². The predicted octanol–water partition coefficient (Wildman–Crippen LogP) is 4.23. The molecule has 0 amide bonds. The summed E-state index contributed by atoms with van der Waals surface area (Å²) < 4.78 is 28.3. The van der Waals surface area contributed by atoms with Gasteiger partial charge in [0.25, 0.3) is 0 Å². The van der Waals surface area contributed by atoms with Gasteiger partial charge in [0.2, 0.25) is 10.0 Å². The lowest BCUT2D eigenvalue weighted by atomic mass is 10.1. The molecule has 1 aromatic heterocycles. The molecule has 3 rings (SSSR count). The van der Waals surface area contributed by atoms with E-state index in [0.29, 0.717) is 28.9 Å². The molecule has 0 radical (unpaired) electrons. The summed E-state index contributed by atoms with van der Waals surface area (Å²) in [5.41, 5.74) is 1.81. The van der Waals surface area contributed by atoms with E-state index in [1.807, 2.05) is 18.2 Å². The third-order valence-corrected chi connectivity index (χ3v) is 5.48. The van der Waals surface area contributed by atoms with Gasteiger partial charge in [0.15, 0.2) is 0 Å². The van der Waals surface area contributed by atoms with Crippen molar-refractivity contribution in [2.45, 2.75) is 17.9 Å². The maximum Gasteiger partial charge on any atom is 0.238 e. The highest BCUT2D eigenvalue weighted by atomic mass is 35.5. The van der Waals surface area contributed by atoms with Gasteiger partial charge in [-0.3, -0.25) is 0 Å². The van der Waals surface area contributed by atoms with Crippen LogP contribution < -0.4 is 10.5 Å². The summed E-state index contributed by atoms with van der Waals surface area (Å²) in [7, 11) is -3.65. The maximum absolute atomic E-state index is 11.2. The Balaban J connectivity index is 1.52. The summed E-state index contributed by atoms with van der Waals surface area (Å²) in [6.45, 7) is 1.28. The molecule has 0 saturated heterocycles. The third-order valence-electron chi connectivity index (χ3n) is 4.00. The fourth-order valence-electron chi connectivity index (χ4n) is 2.60. The van der Waals surface area contributed by atoms with Crippen LogP contribution in [0, 0.1) is 0 Å². The number of hydrogen-bond donors (Lipinski definition) is 2. The molecule has 0 fully saturated rings.